The van der Waals surface area contributed by atoms with Gasteiger partial charge >= 0.3 is 0 Å². The van der Waals surface area contributed by atoms with E-state index in [1.54, 1.807) is 36.4 Å². The topological polar surface area (TPSA) is 104 Å². The fourth-order valence-corrected chi connectivity index (χ4v) is 4.94. The molecular formula is C26H28ClN3O4S. The Morgan fingerprint density at radius 1 is 0.914 bits per heavy atom. The second-order valence-corrected chi connectivity index (χ2v) is 10.7. The van der Waals surface area contributed by atoms with Gasteiger partial charge in [0.15, 0.2) is 0 Å². The van der Waals surface area contributed by atoms with Crippen LogP contribution in [0.25, 0.3) is 0 Å². The van der Waals surface area contributed by atoms with E-state index in [1.165, 1.54) is 18.2 Å². The molecule has 0 bridgehead atoms. The zero-order valence-electron chi connectivity index (χ0n) is 20.0. The van der Waals surface area contributed by atoms with Crippen LogP contribution in [0.2, 0.25) is 5.02 Å². The molecule has 184 valence electrons. The quantitative estimate of drug-likeness (QED) is 0.375. The molecule has 9 heteroatoms. The minimum absolute atomic E-state index is 0.0205. The first-order valence-corrected chi connectivity index (χ1v) is 12.9. The van der Waals surface area contributed by atoms with Gasteiger partial charge in [0.05, 0.1) is 22.0 Å². The van der Waals surface area contributed by atoms with Crippen LogP contribution in [-0.4, -0.2) is 26.8 Å². The van der Waals surface area contributed by atoms with E-state index in [2.05, 4.69) is 15.4 Å². The number of rotatable bonds is 8. The Morgan fingerprint density at radius 2 is 1.60 bits per heavy atom. The Bertz CT molecular complexity index is 1370. The third-order valence-electron chi connectivity index (χ3n) is 5.42. The van der Waals surface area contributed by atoms with Crippen LogP contribution in [0.5, 0.6) is 0 Å². The highest BCUT2D eigenvalue weighted by molar-refractivity contribution is 7.92. The Morgan fingerprint density at radius 3 is 2.31 bits per heavy atom. The van der Waals surface area contributed by atoms with Crippen molar-refractivity contribution in [2.75, 3.05) is 16.6 Å². The first kappa shape index (κ1) is 26.2. The van der Waals surface area contributed by atoms with Gasteiger partial charge in [-0.25, -0.2) is 8.42 Å². The van der Waals surface area contributed by atoms with Crippen molar-refractivity contribution in [3.05, 3.63) is 87.9 Å². The lowest BCUT2D eigenvalue weighted by atomic mass is 10.1. The number of para-hydroxylation sites is 1. The van der Waals surface area contributed by atoms with Crippen molar-refractivity contribution < 1.29 is 18.0 Å². The van der Waals surface area contributed by atoms with Crippen LogP contribution in [0, 0.1) is 19.8 Å². The van der Waals surface area contributed by atoms with E-state index in [-0.39, 0.29) is 27.3 Å². The summed E-state index contributed by atoms with van der Waals surface area (Å²) in [6.45, 7) is 8.15. The summed E-state index contributed by atoms with van der Waals surface area (Å²) in [5.41, 5.74) is 2.84. The summed E-state index contributed by atoms with van der Waals surface area (Å²) in [6.07, 6.45) is 0. The molecule has 0 aliphatic rings. The first-order valence-electron chi connectivity index (χ1n) is 11.1. The number of anilines is 2. The highest BCUT2D eigenvalue weighted by Gasteiger charge is 2.22. The largest absolute Gasteiger partial charge is 0.352 e. The van der Waals surface area contributed by atoms with Gasteiger partial charge < -0.3 is 10.6 Å². The van der Waals surface area contributed by atoms with Crippen molar-refractivity contribution in [1.82, 2.24) is 5.32 Å². The van der Waals surface area contributed by atoms with E-state index in [9.17, 15) is 18.0 Å². The normalized spacial score (nSPS) is 11.3. The van der Waals surface area contributed by atoms with Crippen LogP contribution >= 0.6 is 11.6 Å². The van der Waals surface area contributed by atoms with Crippen molar-refractivity contribution in [3.63, 3.8) is 0 Å². The first-order chi connectivity index (χ1) is 16.5. The molecule has 0 saturated carbocycles. The fraction of sp³-hybridized carbons (Fsp3) is 0.231. The van der Waals surface area contributed by atoms with Crippen molar-refractivity contribution >= 4 is 44.8 Å². The molecule has 3 N–H and O–H groups in total. The van der Waals surface area contributed by atoms with Gasteiger partial charge in [0.2, 0.25) is 0 Å². The van der Waals surface area contributed by atoms with Crippen molar-refractivity contribution in [2.45, 2.75) is 32.6 Å². The number of aryl methyl sites for hydroxylation is 1. The second-order valence-electron chi connectivity index (χ2n) is 8.60. The molecule has 3 rings (SSSR count). The third-order valence-corrected chi connectivity index (χ3v) is 7.27. The minimum Gasteiger partial charge on any atom is -0.352 e. The van der Waals surface area contributed by atoms with Gasteiger partial charge in [-0.2, -0.15) is 0 Å². The van der Waals surface area contributed by atoms with Crippen LogP contribution in [0.1, 0.15) is 45.7 Å². The summed E-state index contributed by atoms with van der Waals surface area (Å²) in [5.74, 6) is -0.618. The van der Waals surface area contributed by atoms with E-state index in [4.69, 9.17) is 11.6 Å². The molecule has 2 amide bonds. The summed E-state index contributed by atoms with van der Waals surface area (Å²) in [4.78, 5) is 25.4. The van der Waals surface area contributed by atoms with Crippen molar-refractivity contribution in [1.29, 1.82) is 0 Å². The number of amides is 2. The van der Waals surface area contributed by atoms with Gasteiger partial charge in [-0.05, 0) is 67.3 Å². The van der Waals surface area contributed by atoms with Crippen molar-refractivity contribution in [3.8, 4) is 0 Å². The van der Waals surface area contributed by atoms with E-state index < -0.39 is 15.9 Å². The second kappa shape index (κ2) is 10.9. The van der Waals surface area contributed by atoms with Gasteiger partial charge in [-0.3, -0.25) is 14.3 Å². The van der Waals surface area contributed by atoms with Crippen LogP contribution in [-0.2, 0) is 10.0 Å². The van der Waals surface area contributed by atoms with Gasteiger partial charge in [0, 0.05) is 12.1 Å². The zero-order chi connectivity index (χ0) is 25.8. The van der Waals surface area contributed by atoms with Crippen molar-refractivity contribution in [2.24, 2.45) is 5.92 Å². The van der Waals surface area contributed by atoms with Gasteiger partial charge in [-0.1, -0.05) is 49.7 Å². The molecule has 0 atom stereocenters. The summed E-state index contributed by atoms with van der Waals surface area (Å²) in [5, 5.41) is 5.51. The predicted molar refractivity (Wildman–Crippen MR) is 140 cm³/mol. The number of hydrogen-bond acceptors (Lipinski definition) is 4. The minimum atomic E-state index is -4.08. The SMILES string of the molecule is Cc1cccc(NS(=O)(=O)c2cc(C(=O)Nc3ccccc3C(=O)NCC(C)C)ccc2Cl)c1C. The van der Waals surface area contributed by atoms with Gasteiger partial charge in [0.25, 0.3) is 21.8 Å². The summed E-state index contributed by atoms with van der Waals surface area (Å²) in [6, 6.07) is 15.9. The number of carbonyl (C=O) groups excluding carboxylic acids is 2. The number of carbonyl (C=O) groups is 2. The monoisotopic (exact) mass is 513 g/mol. The summed E-state index contributed by atoms with van der Waals surface area (Å²) in [7, 11) is -4.08. The average molecular weight is 514 g/mol. The lowest BCUT2D eigenvalue weighted by molar-refractivity contribution is 0.0950. The molecule has 7 nitrogen and oxygen atoms in total. The third kappa shape index (κ3) is 6.41. The molecule has 0 aliphatic heterocycles. The van der Waals surface area contributed by atoms with Crippen LogP contribution in [0.15, 0.2) is 65.6 Å². The zero-order valence-corrected chi connectivity index (χ0v) is 21.5. The summed E-state index contributed by atoms with van der Waals surface area (Å²) < 4.78 is 28.8. The Kier molecular flexibility index (Phi) is 8.19. The standard InChI is InChI=1S/C26H28ClN3O4S/c1-16(2)15-28-26(32)20-9-5-6-10-23(20)29-25(31)19-12-13-21(27)24(14-19)35(33,34)30-22-11-7-8-17(3)18(22)4/h5-14,16,30H,15H2,1-4H3,(H,28,32)(H,29,31). The number of benzene rings is 3. The van der Waals surface area contributed by atoms with Gasteiger partial charge in [0.1, 0.15) is 4.90 Å². The molecule has 0 aliphatic carbocycles. The lowest BCUT2D eigenvalue weighted by Crippen LogP contribution is -2.28. The number of nitrogens with one attached hydrogen (secondary N) is 3. The van der Waals surface area contributed by atoms with Crippen LogP contribution in [0.4, 0.5) is 11.4 Å². The molecule has 35 heavy (non-hydrogen) atoms. The highest BCUT2D eigenvalue weighted by Crippen LogP contribution is 2.28. The molecule has 0 aromatic heterocycles. The lowest BCUT2D eigenvalue weighted by Gasteiger charge is -2.15. The number of halogens is 1. The molecule has 3 aromatic rings. The van der Waals surface area contributed by atoms with E-state index >= 15 is 0 Å². The highest BCUT2D eigenvalue weighted by atomic mass is 35.5. The maximum absolute atomic E-state index is 13.1. The Labute approximate surface area is 211 Å². The van der Waals surface area contributed by atoms with E-state index in [1.807, 2.05) is 33.8 Å². The van der Waals surface area contributed by atoms with Crippen LogP contribution < -0.4 is 15.4 Å². The number of hydrogen-bond donors (Lipinski definition) is 3. The predicted octanol–water partition coefficient (Wildman–Crippen LogP) is 5.40. The van der Waals surface area contributed by atoms with E-state index in [0.29, 0.717) is 23.5 Å². The smallest absolute Gasteiger partial charge is 0.263 e. The van der Waals surface area contributed by atoms with E-state index in [0.717, 1.165) is 11.1 Å². The molecule has 0 unspecified atom stereocenters. The summed E-state index contributed by atoms with van der Waals surface area (Å²) >= 11 is 6.21. The Hall–Kier alpha value is -3.36. The fourth-order valence-electron chi connectivity index (χ4n) is 3.29. The number of sulfonamides is 1. The molecule has 0 radical (unpaired) electrons. The molecular weight excluding hydrogens is 486 g/mol. The molecule has 3 aromatic carbocycles. The Balaban J connectivity index is 1.87. The maximum atomic E-state index is 13.1. The van der Waals surface area contributed by atoms with Crippen LogP contribution in [0.3, 0.4) is 0 Å². The molecule has 0 spiro atoms. The molecule has 0 saturated heterocycles. The molecule has 0 heterocycles. The molecule has 0 fully saturated rings. The average Bonchev–Trinajstić information content (AvgIpc) is 2.80. The van der Waals surface area contributed by atoms with Gasteiger partial charge in [-0.15, -0.1) is 0 Å². The maximum Gasteiger partial charge on any atom is 0.263 e.